The quantitative estimate of drug-likeness (QED) is 0.758. The minimum absolute atomic E-state index is 0.271. The SMILES string of the molecule is COc1cc(Cl)c2[nH]c(=O)[nH]c(=O)c2c1. The van der Waals surface area contributed by atoms with Gasteiger partial charge in [0.1, 0.15) is 5.75 Å². The molecule has 0 aliphatic carbocycles. The molecule has 2 rings (SSSR count). The van der Waals surface area contributed by atoms with Gasteiger partial charge in [-0.05, 0) is 6.07 Å². The number of aromatic amines is 2. The van der Waals surface area contributed by atoms with Gasteiger partial charge in [0.15, 0.2) is 0 Å². The minimum atomic E-state index is -0.584. The monoisotopic (exact) mass is 226 g/mol. The van der Waals surface area contributed by atoms with Crippen LogP contribution in [0.4, 0.5) is 0 Å². The molecule has 0 aliphatic rings. The van der Waals surface area contributed by atoms with Gasteiger partial charge in [-0.1, -0.05) is 11.6 Å². The molecule has 1 heterocycles. The van der Waals surface area contributed by atoms with E-state index in [1.807, 2.05) is 0 Å². The molecular formula is C9H7ClN2O3. The summed E-state index contributed by atoms with van der Waals surface area (Å²) in [5, 5.41) is 0.562. The first kappa shape index (κ1) is 9.79. The smallest absolute Gasteiger partial charge is 0.326 e. The van der Waals surface area contributed by atoms with Crippen LogP contribution in [0.5, 0.6) is 5.75 Å². The Morgan fingerprint density at radius 3 is 2.67 bits per heavy atom. The molecule has 0 atom stereocenters. The fraction of sp³-hybridized carbons (Fsp3) is 0.111. The van der Waals surface area contributed by atoms with Crippen LogP contribution >= 0.6 is 11.6 Å². The van der Waals surface area contributed by atoms with Gasteiger partial charge in [-0.15, -0.1) is 0 Å². The zero-order valence-electron chi connectivity index (χ0n) is 7.76. The average Bonchev–Trinajstić information content (AvgIpc) is 2.19. The van der Waals surface area contributed by atoms with E-state index in [0.29, 0.717) is 16.7 Å². The van der Waals surface area contributed by atoms with Crippen LogP contribution in [-0.4, -0.2) is 17.1 Å². The lowest BCUT2D eigenvalue weighted by Gasteiger charge is -2.03. The van der Waals surface area contributed by atoms with Crippen LogP contribution < -0.4 is 16.0 Å². The lowest BCUT2D eigenvalue weighted by Crippen LogP contribution is -2.21. The number of rotatable bonds is 1. The number of methoxy groups -OCH3 is 1. The molecule has 0 spiro atoms. The second-order valence-corrected chi connectivity index (χ2v) is 3.35. The fourth-order valence-electron chi connectivity index (χ4n) is 1.32. The van der Waals surface area contributed by atoms with E-state index in [1.54, 1.807) is 0 Å². The summed E-state index contributed by atoms with van der Waals surface area (Å²) in [4.78, 5) is 27.0. The van der Waals surface area contributed by atoms with Gasteiger partial charge in [0.2, 0.25) is 0 Å². The van der Waals surface area contributed by atoms with Crippen molar-refractivity contribution in [2.24, 2.45) is 0 Å². The highest BCUT2D eigenvalue weighted by Gasteiger charge is 2.07. The summed E-state index contributed by atoms with van der Waals surface area (Å²) in [6, 6.07) is 3.04. The highest BCUT2D eigenvalue weighted by atomic mass is 35.5. The Labute approximate surface area is 88.7 Å². The minimum Gasteiger partial charge on any atom is -0.497 e. The average molecular weight is 227 g/mol. The van der Waals surface area contributed by atoms with Gasteiger partial charge in [0.25, 0.3) is 5.56 Å². The van der Waals surface area contributed by atoms with Crippen molar-refractivity contribution >= 4 is 22.5 Å². The van der Waals surface area contributed by atoms with Crippen molar-refractivity contribution in [3.05, 3.63) is 38.0 Å². The normalized spacial score (nSPS) is 10.5. The number of hydrogen-bond acceptors (Lipinski definition) is 3. The molecule has 0 fully saturated rings. The first-order chi connectivity index (χ1) is 7.11. The molecule has 2 aromatic rings. The standard InChI is InChI=1S/C9H7ClN2O3/c1-15-4-2-5-7(6(10)3-4)11-9(14)12-8(5)13/h2-3H,1H3,(H2,11,12,13,14). The van der Waals surface area contributed by atoms with Crippen molar-refractivity contribution in [1.82, 2.24) is 9.97 Å². The highest BCUT2D eigenvalue weighted by Crippen LogP contribution is 2.24. The highest BCUT2D eigenvalue weighted by molar-refractivity contribution is 6.35. The van der Waals surface area contributed by atoms with Gasteiger partial charge < -0.3 is 9.72 Å². The molecule has 0 bridgehead atoms. The Balaban J connectivity index is 2.98. The first-order valence-electron chi connectivity index (χ1n) is 4.11. The summed E-state index contributed by atoms with van der Waals surface area (Å²) in [5.74, 6) is 0.463. The summed E-state index contributed by atoms with van der Waals surface area (Å²) in [6.07, 6.45) is 0. The van der Waals surface area contributed by atoms with E-state index >= 15 is 0 Å². The second-order valence-electron chi connectivity index (χ2n) is 2.94. The van der Waals surface area contributed by atoms with Crippen molar-refractivity contribution in [2.75, 3.05) is 7.11 Å². The van der Waals surface area contributed by atoms with Gasteiger partial charge in [-0.3, -0.25) is 9.78 Å². The Morgan fingerprint density at radius 2 is 2.00 bits per heavy atom. The predicted octanol–water partition coefficient (Wildman–Crippen LogP) is 0.878. The van der Waals surface area contributed by atoms with Gasteiger partial charge in [0, 0.05) is 6.07 Å². The maximum absolute atomic E-state index is 11.4. The topological polar surface area (TPSA) is 75.0 Å². The number of aromatic nitrogens is 2. The van der Waals surface area contributed by atoms with Crippen molar-refractivity contribution in [3.8, 4) is 5.75 Å². The van der Waals surface area contributed by atoms with E-state index in [2.05, 4.69) is 9.97 Å². The van der Waals surface area contributed by atoms with Crippen molar-refractivity contribution in [1.29, 1.82) is 0 Å². The zero-order valence-corrected chi connectivity index (χ0v) is 8.51. The second kappa shape index (κ2) is 3.43. The Morgan fingerprint density at radius 1 is 1.27 bits per heavy atom. The van der Waals surface area contributed by atoms with E-state index in [4.69, 9.17) is 16.3 Å². The van der Waals surface area contributed by atoms with E-state index in [-0.39, 0.29) is 5.02 Å². The Hall–Kier alpha value is -1.75. The van der Waals surface area contributed by atoms with E-state index in [0.717, 1.165) is 0 Å². The number of H-pyrrole nitrogens is 2. The molecule has 0 unspecified atom stereocenters. The maximum atomic E-state index is 11.4. The third-order valence-electron chi connectivity index (χ3n) is 2.01. The molecule has 0 aliphatic heterocycles. The van der Waals surface area contributed by atoms with Crippen LogP contribution in [0.1, 0.15) is 0 Å². The predicted molar refractivity (Wildman–Crippen MR) is 56.8 cm³/mol. The van der Waals surface area contributed by atoms with Gasteiger partial charge in [0.05, 0.1) is 23.0 Å². The van der Waals surface area contributed by atoms with E-state index in [1.165, 1.54) is 19.2 Å². The number of ether oxygens (including phenoxy) is 1. The molecule has 2 N–H and O–H groups in total. The van der Waals surface area contributed by atoms with E-state index in [9.17, 15) is 9.59 Å². The van der Waals surface area contributed by atoms with E-state index < -0.39 is 11.2 Å². The molecule has 6 heteroatoms. The Bertz CT molecular complexity index is 629. The third kappa shape index (κ3) is 1.61. The summed E-state index contributed by atoms with van der Waals surface area (Å²) in [5.41, 5.74) is -0.764. The number of benzene rings is 1. The molecule has 15 heavy (non-hydrogen) atoms. The van der Waals surface area contributed by atoms with Crippen LogP contribution in [-0.2, 0) is 0 Å². The number of halogens is 1. The maximum Gasteiger partial charge on any atom is 0.326 e. The van der Waals surface area contributed by atoms with Crippen LogP contribution in [0, 0.1) is 0 Å². The molecule has 0 saturated heterocycles. The summed E-state index contributed by atoms with van der Waals surface area (Å²) >= 11 is 5.88. The third-order valence-corrected chi connectivity index (χ3v) is 2.31. The van der Waals surface area contributed by atoms with Crippen molar-refractivity contribution in [3.63, 3.8) is 0 Å². The molecule has 5 nitrogen and oxygen atoms in total. The number of hydrogen-bond donors (Lipinski definition) is 2. The summed E-state index contributed by atoms with van der Waals surface area (Å²) in [6.45, 7) is 0. The van der Waals surface area contributed by atoms with Gasteiger partial charge >= 0.3 is 5.69 Å². The summed E-state index contributed by atoms with van der Waals surface area (Å²) in [7, 11) is 1.47. The molecule has 0 amide bonds. The van der Waals surface area contributed by atoms with Crippen LogP contribution in [0.2, 0.25) is 5.02 Å². The lowest BCUT2D eigenvalue weighted by atomic mass is 10.2. The van der Waals surface area contributed by atoms with Crippen LogP contribution in [0.15, 0.2) is 21.7 Å². The summed E-state index contributed by atoms with van der Waals surface area (Å²) < 4.78 is 4.96. The zero-order chi connectivity index (χ0) is 11.0. The number of nitrogens with one attached hydrogen (secondary N) is 2. The molecule has 1 aromatic heterocycles. The van der Waals surface area contributed by atoms with Crippen molar-refractivity contribution < 1.29 is 4.74 Å². The first-order valence-corrected chi connectivity index (χ1v) is 4.49. The molecule has 78 valence electrons. The van der Waals surface area contributed by atoms with Crippen molar-refractivity contribution in [2.45, 2.75) is 0 Å². The molecule has 0 saturated carbocycles. The van der Waals surface area contributed by atoms with Gasteiger partial charge in [-0.25, -0.2) is 4.79 Å². The lowest BCUT2D eigenvalue weighted by molar-refractivity contribution is 0.415. The van der Waals surface area contributed by atoms with Crippen LogP contribution in [0.25, 0.3) is 10.9 Å². The largest absolute Gasteiger partial charge is 0.497 e. The fourth-order valence-corrected chi connectivity index (χ4v) is 1.58. The molecular weight excluding hydrogens is 220 g/mol. The van der Waals surface area contributed by atoms with Gasteiger partial charge in [-0.2, -0.15) is 0 Å². The Kier molecular flexibility index (Phi) is 2.24. The number of fused-ring (bicyclic) bond motifs is 1. The molecule has 0 radical (unpaired) electrons. The van der Waals surface area contributed by atoms with Crippen LogP contribution in [0.3, 0.4) is 0 Å². The molecule has 1 aromatic carbocycles.